The topological polar surface area (TPSA) is 101 Å². The molecule has 19 heavy (non-hydrogen) atoms. The van der Waals surface area contributed by atoms with E-state index < -0.39 is 10.0 Å². The second-order valence-electron chi connectivity index (χ2n) is 3.78. The smallest absolute Gasteiger partial charge is 0.246 e. The van der Waals surface area contributed by atoms with Gasteiger partial charge in [0.2, 0.25) is 16.0 Å². The molecule has 3 N–H and O–H groups in total. The summed E-state index contributed by atoms with van der Waals surface area (Å²) in [6.07, 6.45) is 2.45. The van der Waals surface area contributed by atoms with Gasteiger partial charge in [-0.2, -0.15) is 15.6 Å². The summed E-state index contributed by atoms with van der Waals surface area (Å²) in [4.78, 5) is 7.62. The molecule has 0 atom stereocenters. The number of hydrogen-bond donors (Lipinski definition) is 2. The molecule has 0 fully saturated rings. The van der Waals surface area contributed by atoms with Gasteiger partial charge in [-0.3, -0.25) is 5.43 Å². The molecule has 0 amide bonds. The van der Waals surface area contributed by atoms with E-state index in [1.165, 1.54) is 35.1 Å². The van der Waals surface area contributed by atoms with Crippen molar-refractivity contribution in [2.45, 2.75) is 11.4 Å². The van der Waals surface area contributed by atoms with Crippen LogP contribution in [0.4, 0.5) is 5.95 Å². The van der Waals surface area contributed by atoms with Crippen molar-refractivity contribution in [1.29, 1.82) is 0 Å². The van der Waals surface area contributed by atoms with Gasteiger partial charge in [0.15, 0.2) is 0 Å². The Balaban J connectivity index is 2.20. The minimum atomic E-state index is -3.60. The number of nitrogens with zero attached hydrogens (tertiary/aromatic N) is 3. The number of hydrazine groups is 1. The van der Waals surface area contributed by atoms with Crippen LogP contribution in [0.25, 0.3) is 0 Å². The van der Waals surface area contributed by atoms with E-state index in [2.05, 4.69) is 15.4 Å². The van der Waals surface area contributed by atoms with Crippen molar-refractivity contribution in [1.82, 2.24) is 14.3 Å². The van der Waals surface area contributed by atoms with E-state index in [4.69, 9.17) is 5.84 Å². The van der Waals surface area contributed by atoms with Gasteiger partial charge < -0.3 is 0 Å². The molecule has 7 nitrogen and oxygen atoms in total. The zero-order valence-electron chi connectivity index (χ0n) is 10.1. The second-order valence-corrected chi connectivity index (χ2v) is 6.60. The molecule has 102 valence electrons. The maximum atomic E-state index is 12.3. The Morgan fingerprint density at radius 1 is 1.42 bits per heavy atom. The minimum absolute atomic E-state index is 0.0317. The Morgan fingerprint density at radius 3 is 2.63 bits per heavy atom. The van der Waals surface area contributed by atoms with Crippen LogP contribution in [0.5, 0.6) is 0 Å². The van der Waals surface area contributed by atoms with E-state index in [9.17, 15) is 8.42 Å². The van der Waals surface area contributed by atoms with E-state index >= 15 is 0 Å². The van der Waals surface area contributed by atoms with Crippen molar-refractivity contribution in [2.24, 2.45) is 5.84 Å². The first-order chi connectivity index (χ1) is 9.04. The predicted octanol–water partition coefficient (Wildman–Crippen LogP) is 0.644. The number of aromatic nitrogens is 2. The maximum Gasteiger partial charge on any atom is 0.246 e. The molecule has 0 spiro atoms. The quantitative estimate of drug-likeness (QED) is 0.621. The summed E-state index contributed by atoms with van der Waals surface area (Å²) in [6.45, 7) is 0.308. The number of sulfonamides is 1. The molecule has 0 unspecified atom stereocenters. The molecular weight excluding hydrogens is 286 g/mol. The third kappa shape index (κ3) is 3.07. The molecule has 0 saturated carbocycles. The minimum Gasteiger partial charge on any atom is -0.292 e. The van der Waals surface area contributed by atoms with Gasteiger partial charge in [0.1, 0.15) is 4.90 Å². The molecular formula is C10H13N5O2S2. The SMILES string of the molecule is CN(Cc1ccsc1)S(=O)(=O)c1cnc(NN)nc1. The summed E-state index contributed by atoms with van der Waals surface area (Å²) in [5.41, 5.74) is 3.18. The Morgan fingerprint density at radius 2 is 2.11 bits per heavy atom. The molecule has 2 heterocycles. The maximum absolute atomic E-state index is 12.3. The highest BCUT2D eigenvalue weighted by atomic mass is 32.2. The van der Waals surface area contributed by atoms with Crippen LogP contribution in [0.2, 0.25) is 0 Å². The molecule has 0 aliphatic carbocycles. The molecule has 0 aromatic carbocycles. The number of nitrogen functional groups attached to an aromatic ring is 1. The molecule has 2 rings (SSSR count). The van der Waals surface area contributed by atoms with E-state index in [-0.39, 0.29) is 10.8 Å². The number of anilines is 1. The van der Waals surface area contributed by atoms with Crippen LogP contribution < -0.4 is 11.3 Å². The van der Waals surface area contributed by atoms with Crippen LogP contribution in [0.15, 0.2) is 34.1 Å². The van der Waals surface area contributed by atoms with Crippen LogP contribution in [0.1, 0.15) is 5.56 Å². The van der Waals surface area contributed by atoms with Gasteiger partial charge in [-0.05, 0) is 22.4 Å². The highest BCUT2D eigenvalue weighted by Gasteiger charge is 2.21. The lowest BCUT2D eigenvalue weighted by atomic mass is 10.3. The lowest BCUT2D eigenvalue weighted by Crippen LogP contribution is -2.26. The second kappa shape index (κ2) is 5.61. The monoisotopic (exact) mass is 299 g/mol. The van der Waals surface area contributed by atoms with Gasteiger partial charge in [-0.25, -0.2) is 24.2 Å². The zero-order valence-corrected chi connectivity index (χ0v) is 11.8. The van der Waals surface area contributed by atoms with Crippen LogP contribution >= 0.6 is 11.3 Å². The normalized spacial score (nSPS) is 11.7. The van der Waals surface area contributed by atoms with Crippen molar-refractivity contribution in [3.8, 4) is 0 Å². The Labute approximate surface area is 115 Å². The van der Waals surface area contributed by atoms with Gasteiger partial charge in [0, 0.05) is 13.6 Å². The van der Waals surface area contributed by atoms with Gasteiger partial charge in [-0.1, -0.05) is 0 Å². The molecule has 0 saturated heterocycles. The first-order valence-corrected chi connectivity index (χ1v) is 7.68. The summed E-state index contributed by atoms with van der Waals surface area (Å²) in [5.74, 6) is 5.29. The highest BCUT2D eigenvalue weighted by molar-refractivity contribution is 7.89. The first kappa shape index (κ1) is 13.9. The van der Waals surface area contributed by atoms with Crippen LogP contribution in [-0.4, -0.2) is 29.7 Å². The Bertz CT molecular complexity index is 624. The standard InChI is InChI=1S/C10H13N5O2S2/c1-15(6-8-2-3-18-7-8)19(16,17)9-4-12-10(14-11)13-5-9/h2-5,7H,6,11H2,1H3,(H,12,13,14). The third-order valence-corrected chi connectivity index (χ3v) is 4.94. The highest BCUT2D eigenvalue weighted by Crippen LogP contribution is 2.16. The summed E-state index contributed by atoms with van der Waals surface area (Å²) in [7, 11) is -2.08. The fourth-order valence-corrected chi connectivity index (χ4v) is 3.14. The number of hydrogen-bond acceptors (Lipinski definition) is 7. The average Bonchev–Trinajstić information content (AvgIpc) is 2.91. The van der Waals surface area contributed by atoms with Gasteiger partial charge in [0.05, 0.1) is 12.4 Å². The predicted molar refractivity (Wildman–Crippen MR) is 72.8 cm³/mol. The Kier molecular flexibility index (Phi) is 4.10. The first-order valence-electron chi connectivity index (χ1n) is 5.30. The molecule has 0 radical (unpaired) electrons. The van der Waals surface area contributed by atoms with Crippen LogP contribution in [-0.2, 0) is 16.6 Å². The molecule has 0 bridgehead atoms. The summed E-state index contributed by atoms with van der Waals surface area (Å²) >= 11 is 1.52. The fraction of sp³-hybridized carbons (Fsp3) is 0.200. The van der Waals surface area contributed by atoms with Crippen LogP contribution in [0, 0.1) is 0 Å². The third-order valence-electron chi connectivity index (χ3n) is 2.45. The van der Waals surface area contributed by atoms with Gasteiger partial charge in [0.25, 0.3) is 0 Å². The van der Waals surface area contributed by atoms with E-state index in [1.807, 2.05) is 16.8 Å². The van der Waals surface area contributed by atoms with Gasteiger partial charge >= 0.3 is 0 Å². The number of nitrogens with one attached hydrogen (secondary N) is 1. The fourth-order valence-electron chi connectivity index (χ4n) is 1.43. The average molecular weight is 299 g/mol. The summed E-state index contributed by atoms with van der Waals surface area (Å²) in [5, 5.41) is 3.81. The van der Waals surface area contributed by atoms with Crippen LogP contribution in [0.3, 0.4) is 0 Å². The van der Waals surface area contributed by atoms with Crippen molar-refractivity contribution in [2.75, 3.05) is 12.5 Å². The Hall–Kier alpha value is -1.55. The number of nitrogens with two attached hydrogens (primary N) is 1. The lowest BCUT2D eigenvalue weighted by Gasteiger charge is -2.16. The number of thiophene rings is 1. The van der Waals surface area contributed by atoms with E-state index in [0.717, 1.165) is 5.56 Å². The lowest BCUT2D eigenvalue weighted by molar-refractivity contribution is 0.466. The largest absolute Gasteiger partial charge is 0.292 e. The van der Waals surface area contributed by atoms with Crippen molar-refractivity contribution < 1.29 is 8.42 Å². The van der Waals surface area contributed by atoms with Crippen molar-refractivity contribution >= 4 is 27.3 Å². The molecule has 0 aliphatic heterocycles. The summed E-state index contributed by atoms with van der Waals surface area (Å²) < 4.78 is 25.8. The molecule has 0 aliphatic rings. The summed E-state index contributed by atoms with van der Waals surface area (Å²) in [6, 6.07) is 1.88. The van der Waals surface area contributed by atoms with Gasteiger partial charge in [-0.15, -0.1) is 0 Å². The molecule has 2 aromatic heterocycles. The molecule has 2 aromatic rings. The van der Waals surface area contributed by atoms with Crippen molar-refractivity contribution in [3.63, 3.8) is 0 Å². The van der Waals surface area contributed by atoms with E-state index in [1.54, 1.807) is 0 Å². The number of rotatable bonds is 5. The van der Waals surface area contributed by atoms with E-state index in [0.29, 0.717) is 6.54 Å². The van der Waals surface area contributed by atoms with Crippen molar-refractivity contribution in [3.05, 3.63) is 34.8 Å². The zero-order chi connectivity index (χ0) is 13.9. The molecule has 9 heteroatoms.